The topological polar surface area (TPSA) is 133 Å². The zero-order valence-corrected chi connectivity index (χ0v) is 24.8. The lowest BCUT2D eigenvalue weighted by Crippen LogP contribution is -2.17. The van der Waals surface area contributed by atoms with Crippen molar-refractivity contribution in [3.05, 3.63) is 92.5 Å². The molecule has 3 aromatic carbocycles. The van der Waals surface area contributed by atoms with E-state index in [4.69, 9.17) is 58.0 Å². The van der Waals surface area contributed by atoms with E-state index >= 15 is 0 Å². The van der Waals surface area contributed by atoms with Crippen molar-refractivity contribution in [2.45, 2.75) is 38.5 Å². The predicted octanol–water partition coefficient (Wildman–Crippen LogP) is 1.82. The Kier molecular flexibility index (Phi) is 12.1. The molecule has 44 heavy (non-hydrogen) atoms. The standard InChI is InChI=1S/C29H25B5O9S/c1-16-20(13-32)4-17(11-30)6-24(16)28(36)42-22-8-19(27(35)41-2-3-44(38,39)40)9-23(10-22)43-29(37)25-7-18(12-31)5-21(14-33)26(25)15-34/h4-10H,2-3,11-15H2,1H3,(H,38,39,40). The van der Waals surface area contributed by atoms with Crippen molar-refractivity contribution < 1.29 is 41.6 Å². The zero-order chi connectivity index (χ0) is 32.6. The molecule has 0 heterocycles. The molecule has 3 rings (SSSR count). The molecule has 1 N–H and O–H groups in total. The second-order valence-corrected chi connectivity index (χ2v) is 11.2. The van der Waals surface area contributed by atoms with Crippen LogP contribution >= 0.6 is 0 Å². The quantitative estimate of drug-likeness (QED) is 0.134. The summed E-state index contributed by atoms with van der Waals surface area (Å²) < 4.78 is 47.1. The van der Waals surface area contributed by atoms with Gasteiger partial charge in [0.2, 0.25) is 0 Å². The second kappa shape index (κ2) is 15.3. The first-order valence-corrected chi connectivity index (χ1v) is 14.9. The highest BCUT2D eigenvalue weighted by Gasteiger charge is 2.21. The summed E-state index contributed by atoms with van der Waals surface area (Å²) in [5.74, 6) is -3.98. The molecular formula is C29H25B5O9S. The third kappa shape index (κ3) is 8.92. The fraction of sp³-hybridized carbons (Fsp3) is 0.276. The third-order valence-corrected chi connectivity index (χ3v) is 7.33. The molecular weight excluding hydrogens is 578 g/mol. The van der Waals surface area contributed by atoms with E-state index in [-0.39, 0.29) is 59.8 Å². The molecule has 0 atom stereocenters. The van der Waals surface area contributed by atoms with Gasteiger partial charge in [-0.3, -0.25) is 4.55 Å². The molecule has 10 radical (unpaired) electrons. The molecule has 0 aliphatic rings. The van der Waals surface area contributed by atoms with Gasteiger partial charge in [-0.15, -0.1) is 0 Å². The maximum Gasteiger partial charge on any atom is 0.343 e. The van der Waals surface area contributed by atoms with Crippen molar-refractivity contribution in [1.82, 2.24) is 0 Å². The number of hydrogen-bond donors (Lipinski definition) is 1. The van der Waals surface area contributed by atoms with Crippen molar-refractivity contribution >= 4 is 67.3 Å². The van der Waals surface area contributed by atoms with Crippen LogP contribution in [0, 0.1) is 6.92 Å². The van der Waals surface area contributed by atoms with Gasteiger partial charge in [0.15, 0.2) is 0 Å². The molecule has 3 aromatic rings. The van der Waals surface area contributed by atoms with Gasteiger partial charge >= 0.3 is 17.9 Å². The van der Waals surface area contributed by atoms with E-state index in [1.807, 2.05) is 0 Å². The minimum absolute atomic E-state index is 0.0309. The minimum Gasteiger partial charge on any atom is -0.461 e. The van der Waals surface area contributed by atoms with Crippen molar-refractivity contribution in [2.24, 2.45) is 0 Å². The predicted molar refractivity (Wildman–Crippen MR) is 168 cm³/mol. The monoisotopic (exact) mass is 604 g/mol. The molecule has 0 amide bonds. The van der Waals surface area contributed by atoms with Gasteiger partial charge in [0.05, 0.1) is 55.9 Å². The van der Waals surface area contributed by atoms with Gasteiger partial charge in [0.25, 0.3) is 10.1 Å². The van der Waals surface area contributed by atoms with Crippen LogP contribution in [0.25, 0.3) is 0 Å². The molecule has 0 saturated heterocycles. The van der Waals surface area contributed by atoms with Crippen molar-refractivity contribution in [2.75, 3.05) is 12.4 Å². The Morgan fingerprint density at radius 2 is 1.20 bits per heavy atom. The van der Waals surface area contributed by atoms with Gasteiger partial charge in [0.1, 0.15) is 23.9 Å². The van der Waals surface area contributed by atoms with Gasteiger partial charge in [-0.1, -0.05) is 66.0 Å². The van der Waals surface area contributed by atoms with Crippen LogP contribution in [0.3, 0.4) is 0 Å². The highest BCUT2D eigenvalue weighted by Crippen LogP contribution is 2.28. The van der Waals surface area contributed by atoms with Crippen LogP contribution in [0.15, 0.2) is 42.5 Å². The van der Waals surface area contributed by atoms with E-state index in [9.17, 15) is 22.8 Å². The summed E-state index contributed by atoms with van der Waals surface area (Å²) in [7, 11) is 24.7. The maximum absolute atomic E-state index is 13.3. The molecule has 0 bridgehead atoms. The fourth-order valence-corrected chi connectivity index (χ4v) is 4.65. The first-order chi connectivity index (χ1) is 20.8. The number of rotatable bonds is 13. The Labute approximate surface area is 263 Å². The Bertz CT molecular complexity index is 1680. The number of carbonyl (C=O) groups is 3. The Morgan fingerprint density at radius 1 is 0.682 bits per heavy atom. The van der Waals surface area contributed by atoms with Gasteiger partial charge in [-0.05, 0) is 42.3 Å². The number of esters is 3. The first kappa shape index (κ1) is 34.8. The van der Waals surface area contributed by atoms with Crippen LogP contribution < -0.4 is 9.47 Å². The molecule has 9 nitrogen and oxygen atoms in total. The first-order valence-electron chi connectivity index (χ1n) is 13.3. The average molecular weight is 604 g/mol. The zero-order valence-electron chi connectivity index (χ0n) is 24.0. The maximum atomic E-state index is 13.3. The van der Waals surface area contributed by atoms with Crippen molar-refractivity contribution in [3.63, 3.8) is 0 Å². The molecule has 0 saturated carbocycles. The average Bonchev–Trinajstić information content (AvgIpc) is 2.99. The normalized spacial score (nSPS) is 11.1. The minimum atomic E-state index is -4.41. The molecule has 0 aliphatic heterocycles. The fourth-order valence-electron chi connectivity index (χ4n) is 4.36. The number of carbonyl (C=O) groups excluding carboxylic acids is 3. The van der Waals surface area contributed by atoms with Crippen LogP contribution in [-0.2, 0) is 46.5 Å². The molecule has 0 aliphatic carbocycles. The summed E-state index contributed by atoms with van der Waals surface area (Å²) in [5, 5.41) is 0. The van der Waals surface area contributed by atoms with Gasteiger partial charge < -0.3 is 14.2 Å². The van der Waals surface area contributed by atoms with E-state index in [2.05, 4.69) is 0 Å². The number of ether oxygens (including phenoxy) is 3. The summed E-state index contributed by atoms with van der Waals surface area (Å²) in [5.41, 5.74) is 3.54. The summed E-state index contributed by atoms with van der Waals surface area (Å²) in [6.45, 7) is 1.02. The highest BCUT2D eigenvalue weighted by atomic mass is 32.2. The third-order valence-electron chi connectivity index (χ3n) is 6.64. The van der Waals surface area contributed by atoms with Crippen molar-refractivity contribution in [1.29, 1.82) is 0 Å². The van der Waals surface area contributed by atoms with Crippen LogP contribution in [0.1, 0.15) is 64.5 Å². The molecule has 15 heteroatoms. The van der Waals surface area contributed by atoms with E-state index < -0.39 is 40.4 Å². The number of hydrogen-bond acceptors (Lipinski definition) is 8. The molecule has 0 aromatic heterocycles. The van der Waals surface area contributed by atoms with Crippen LogP contribution in [0.2, 0.25) is 0 Å². The Balaban J connectivity index is 2.03. The van der Waals surface area contributed by atoms with Gasteiger partial charge in [-0.2, -0.15) is 8.42 Å². The molecule has 0 spiro atoms. The van der Waals surface area contributed by atoms with E-state index in [0.717, 1.165) is 12.1 Å². The SMILES string of the molecule is [B]Cc1cc(C[B])c(C)c(C(=O)Oc2cc(OC(=O)c3cc(C[B])cc(C[B])c3C[B])cc(C(=O)OCCS(=O)(=O)O)c2)c1. The van der Waals surface area contributed by atoms with Crippen molar-refractivity contribution in [3.8, 4) is 11.5 Å². The highest BCUT2D eigenvalue weighted by molar-refractivity contribution is 7.85. The van der Waals surface area contributed by atoms with E-state index in [1.54, 1.807) is 25.1 Å². The largest absolute Gasteiger partial charge is 0.461 e. The lowest BCUT2D eigenvalue weighted by Gasteiger charge is -2.16. The smallest absolute Gasteiger partial charge is 0.343 e. The summed E-state index contributed by atoms with van der Waals surface area (Å²) in [4.78, 5) is 39.4. The van der Waals surface area contributed by atoms with Crippen LogP contribution in [-0.4, -0.2) is 82.5 Å². The van der Waals surface area contributed by atoms with Crippen LogP contribution in [0.5, 0.6) is 11.5 Å². The van der Waals surface area contributed by atoms with Gasteiger partial charge in [-0.25, -0.2) is 14.4 Å². The Morgan fingerprint density at radius 3 is 1.70 bits per heavy atom. The van der Waals surface area contributed by atoms with Gasteiger partial charge in [0, 0.05) is 6.07 Å². The summed E-state index contributed by atoms with van der Waals surface area (Å²) in [6.07, 6.45) is 0.451. The lowest BCUT2D eigenvalue weighted by molar-refractivity contribution is 0.0523. The lowest BCUT2D eigenvalue weighted by atomic mass is 9.81. The molecule has 0 fully saturated rings. The van der Waals surface area contributed by atoms with E-state index in [0.29, 0.717) is 33.4 Å². The molecule has 216 valence electrons. The summed E-state index contributed by atoms with van der Waals surface area (Å²) in [6, 6.07) is 10.1. The second-order valence-electron chi connectivity index (χ2n) is 9.62. The Hall–Kier alpha value is -3.70. The molecule has 0 unspecified atom stereocenters. The van der Waals surface area contributed by atoms with E-state index in [1.165, 1.54) is 12.1 Å². The van der Waals surface area contributed by atoms with Crippen LogP contribution in [0.4, 0.5) is 0 Å². The summed E-state index contributed by atoms with van der Waals surface area (Å²) >= 11 is 0. The number of benzene rings is 3.